The van der Waals surface area contributed by atoms with Gasteiger partial charge in [-0.25, -0.2) is 8.78 Å². The molecule has 0 aliphatic heterocycles. The van der Waals surface area contributed by atoms with Gasteiger partial charge in [-0.15, -0.1) is 0 Å². The van der Waals surface area contributed by atoms with Crippen molar-refractivity contribution < 1.29 is 8.78 Å². The van der Waals surface area contributed by atoms with Gasteiger partial charge < -0.3 is 5.73 Å². The van der Waals surface area contributed by atoms with Crippen molar-refractivity contribution in [3.05, 3.63) is 34.9 Å². The molecule has 0 aromatic heterocycles. The molecule has 0 fully saturated rings. The van der Waals surface area contributed by atoms with Gasteiger partial charge in [0.05, 0.1) is 0 Å². The topological polar surface area (TPSA) is 26.0 Å². The van der Waals surface area contributed by atoms with E-state index in [1.807, 2.05) is 6.92 Å². The first-order valence-electron chi connectivity index (χ1n) is 4.84. The van der Waals surface area contributed by atoms with Crippen LogP contribution in [0.4, 0.5) is 8.78 Å². The zero-order chi connectivity index (χ0) is 10.3. The molecule has 0 bridgehead atoms. The summed E-state index contributed by atoms with van der Waals surface area (Å²) >= 11 is 0. The normalized spacial score (nSPS) is 26.0. The van der Waals surface area contributed by atoms with Gasteiger partial charge in [0, 0.05) is 11.6 Å². The number of fused-ring (bicyclic) bond motifs is 1. The molecule has 2 rings (SSSR count). The molecule has 0 radical (unpaired) electrons. The molecular weight excluding hydrogens is 184 g/mol. The van der Waals surface area contributed by atoms with Gasteiger partial charge in [0.1, 0.15) is 11.6 Å². The van der Waals surface area contributed by atoms with E-state index in [4.69, 9.17) is 5.73 Å². The van der Waals surface area contributed by atoms with Gasteiger partial charge in [-0.2, -0.15) is 0 Å². The number of benzene rings is 1. The average molecular weight is 197 g/mol. The van der Waals surface area contributed by atoms with E-state index in [0.717, 1.165) is 18.9 Å². The number of halogens is 2. The van der Waals surface area contributed by atoms with Gasteiger partial charge in [0.15, 0.2) is 0 Å². The molecule has 1 aromatic rings. The Hall–Kier alpha value is -0.960. The molecule has 0 saturated carbocycles. The van der Waals surface area contributed by atoms with Gasteiger partial charge in [-0.3, -0.25) is 0 Å². The second kappa shape index (κ2) is 3.31. The molecular formula is C11H13F2N. The third kappa shape index (κ3) is 1.32. The number of nitrogens with two attached hydrogens (primary N) is 1. The van der Waals surface area contributed by atoms with E-state index in [1.54, 1.807) is 0 Å². The summed E-state index contributed by atoms with van der Waals surface area (Å²) in [4.78, 5) is 0. The summed E-state index contributed by atoms with van der Waals surface area (Å²) in [6.45, 7) is 1.91. The van der Waals surface area contributed by atoms with E-state index in [1.165, 1.54) is 6.07 Å². The summed E-state index contributed by atoms with van der Waals surface area (Å²) in [6, 6.07) is 1.99. The van der Waals surface area contributed by atoms with Crippen LogP contribution in [0.1, 0.15) is 42.9 Å². The molecule has 0 amide bonds. The van der Waals surface area contributed by atoms with E-state index in [9.17, 15) is 8.78 Å². The molecule has 76 valence electrons. The molecule has 0 saturated heterocycles. The van der Waals surface area contributed by atoms with Crippen molar-refractivity contribution in [2.24, 2.45) is 5.73 Å². The van der Waals surface area contributed by atoms with Crippen molar-refractivity contribution in [1.29, 1.82) is 0 Å². The number of hydrogen-bond acceptors (Lipinski definition) is 1. The lowest BCUT2D eigenvalue weighted by Gasteiger charge is -2.27. The van der Waals surface area contributed by atoms with Gasteiger partial charge in [0.2, 0.25) is 0 Å². The molecule has 2 atom stereocenters. The molecule has 3 heteroatoms. The van der Waals surface area contributed by atoms with Gasteiger partial charge in [-0.1, -0.05) is 6.92 Å². The van der Waals surface area contributed by atoms with Crippen LogP contribution in [0.3, 0.4) is 0 Å². The second-order valence-corrected chi connectivity index (χ2v) is 3.94. The predicted octanol–water partition coefficient (Wildman–Crippen LogP) is 2.86. The zero-order valence-corrected chi connectivity index (χ0v) is 8.06. The van der Waals surface area contributed by atoms with Crippen LogP contribution in [0, 0.1) is 11.6 Å². The van der Waals surface area contributed by atoms with Crippen LogP contribution in [0.2, 0.25) is 0 Å². The standard InChI is InChI=1S/C11H13F2N/c1-6-2-5-9(14)11-8(13)4-3-7(12)10(6)11/h3-4,6,9H,2,5,14H2,1H3/t6?,9-/m0/s1. The Morgan fingerprint density at radius 3 is 2.29 bits per heavy atom. The van der Waals surface area contributed by atoms with E-state index in [0.29, 0.717) is 11.1 Å². The summed E-state index contributed by atoms with van der Waals surface area (Å²) in [6.07, 6.45) is 1.56. The molecule has 1 aliphatic carbocycles. The smallest absolute Gasteiger partial charge is 0.128 e. The van der Waals surface area contributed by atoms with Crippen LogP contribution >= 0.6 is 0 Å². The van der Waals surface area contributed by atoms with Crippen LogP contribution in [-0.4, -0.2) is 0 Å². The Morgan fingerprint density at radius 2 is 1.71 bits per heavy atom. The largest absolute Gasteiger partial charge is 0.324 e. The fourth-order valence-electron chi connectivity index (χ4n) is 2.18. The van der Waals surface area contributed by atoms with Crippen molar-refractivity contribution in [1.82, 2.24) is 0 Å². The van der Waals surface area contributed by atoms with E-state index in [-0.39, 0.29) is 23.6 Å². The third-order valence-electron chi connectivity index (χ3n) is 2.96. The highest BCUT2D eigenvalue weighted by Crippen LogP contribution is 2.38. The highest BCUT2D eigenvalue weighted by Gasteiger charge is 2.27. The Labute approximate surface area is 81.9 Å². The Morgan fingerprint density at radius 1 is 1.14 bits per heavy atom. The quantitative estimate of drug-likeness (QED) is 0.680. The van der Waals surface area contributed by atoms with Crippen LogP contribution in [-0.2, 0) is 0 Å². The van der Waals surface area contributed by atoms with Crippen molar-refractivity contribution in [3.8, 4) is 0 Å². The molecule has 1 aromatic carbocycles. The average Bonchev–Trinajstić information content (AvgIpc) is 2.16. The maximum atomic E-state index is 13.5. The predicted molar refractivity (Wildman–Crippen MR) is 50.9 cm³/mol. The maximum Gasteiger partial charge on any atom is 0.128 e. The monoisotopic (exact) mass is 197 g/mol. The van der Waals surface area contributed by atoms with Crippen molar-refractivity contribution >= 4 is 0 Å². The SMILES string of the molecule is CC1CC[C@H](N)c2c(F)ccc(F)c21. The molecule has 14 heavy (non-hydrogen) atoms. The van der Waals surface area contributed by atoms with Crippen molar-refractivity contribution in [2.75, 3.05) is 0 Å². The first-order valence-corrected chi connectivity index (χ1v) is 4.84. The molecule has 1 aliphatic rings. The highest BCUT2D eigenvalue weighted by molar-refractivity contribution is 5.37. The van der Waals surface area contributed by atoms with Crippen molar-refractivity contribution in [3.63, 3.8) is 0 Å². The fourth-order valence-corrected chi connectivity index (χ4v) is 2.18. The highest BCUT2D eigenvalue weighted by atomic mass is 19.1. The van der Waals surface area contributed by atoms with Crippen molar-refractivity contribution in [2.45, 2.75) is 31.7 Å². The number of rotatable bonds is 0. The second-order valence-electron chi connectivity index (χ2n) is 3.94. The van der Waals surface area contributed by atoms with Crippen LogP contribution < -0.4 is 5.73 Å². The fraction of sp³-hybridized carbons (Fsp3) is 0.455. The molecule has 1 unspecified atom stereocenters. The minimum atomic E-state index is -0.375. The lowest BCUT2D eigenvalue weighted by Crippen LogP contribution is -2.22. The summed E-state index contributed by atoms with van der Waals surface area (Å²) in [5.74, 6) is -0.634. The van der Waals surface area contributed by atoms with Crippen LogP contribution in [0.15, 0.2) is 12.1 Å². The van der Waals surface area contributed by atoms with Crippen LogP contribution in [0.25, 0.3) is 0 Å². The Balaban J connectivity index is 2.65. The van der Waals surface area contributed by atoms with Crippen LogP contribution in [0.5, 0.6) is 0 Å². The first-order chi connectivity index (χ1) is 6.61. The summed E-state index contributed by atoms with van der Waals surface area (Å²) in [5, 5.41) is 0. The third-order valence-corrected chi connectivity index (χ3v) is 2.96. The lowest BCUT2D eigenvalue weighted by molar-refractivity contribution is 0.456. The molecule has 1 nitrogen and oxygen atoms in total. The summed E-state index contributed by atoms with van der Waals surface area (Å²) in [7, 11) is 0. The maximum absolute atomic E-state index is 13.5. The lowest BCUT2D eigenvalue weighted by atomic mass is 9.81. The summed E-state index contributed by atoms with van der Waals surface area (Å²) in [5.41, 5.74) is 6.63. The minimum Gasteiger partial charge on any atom is -0.324 e. The minimum absolute atomic E-state index is 0.0699. The molecule has 2 N–H and O–H groups in total. The van der Waals surface area contributed by atoms with Gasteiger partial charge in [0.25, 0.3) is 0 Å². The summed E-state index contributed by atoms with van der Waals surface area (Å²) < 4.78 is 26.9. The molecule has 0 heterocycles. The van der Waals surface area contributed by atoms with E-state index < -0.39 is 0 Å². The van der Waals surface area contributed by atoms with Gasteiger partial charge in [-0.05, 0) is 36.5 Å². The Kier molecular flexibility index (Phi) is 2.27. The molecule has 0 spiro atoms. The van der Waals surface area contributed by atoms with E-state index >= 15 is 0 Å². The Bertz CT molecular complexity index is 328. The number of hydrogen-bond donors (Lipinski definition) is 1. The van der Waals surface area contributed by atoms with Gasteiger partial charge >= 0.3 is 0 Å². The first kappa shape index (κ1) is 9.59. The van der Waals surface area contributed by atoms with E-state index in [2.05, 4.69) is 0 Å². The zero-order valence-electron chi connectivity index (χ0n) is 8.06.